The molecule has 2 aromatic rings. The number of benzene rings is 1. The van der Waals surface area contributed by atoms with Gasteiger partial charge in [-0.25, -0.2) is 4.98 Å². The van der Waals surface area contributed by atoms with Crippen molar-refractivity contribution in [3.05, 3.63) is 40.6 Å². The molecule has 0 aliphatic heterocycles. The number of fused-ring (bicyclic) bond motifs is 1. The average Bonchev–Trinajstić information content (AvgIpc) is 2.35. The molecular weight excluding hydrogens is 220 g/mol. The van der Waals surface area contributed by atoms with Crippen molar-refractivity contribution in [3.8, 4) is 0 Å². The predicted octanol–water partition coefficient (Wildman–Crippen LogP) is 1.51. The maximum Gasteiger partial charge on any atom is 0.270 e. The van der Waals surface area contributed by atoms with Crippen LogP contribution in [-0.2, 0) is 0 Å². The molecule has 17 heavy (non-hydrogen) atoms. The molecular formula is C11H12N4O2. The van der Waals surface area contributed by atoms with E-state index in [-0.39, 0.29) is 5.69 Å². The van der Waals surface area contributed by atoms with Gasteiger partial charge in [0.2, 0.25) is 0 Å². The van der Waals surface area contributed by atoms with Crippen LogP contribution in [0.2, 0.25) is 0 Å². The van der Waals surface area contributed by atoms with Crippen LogP contribution in [0.5, 0.6) is 0 Å². The highest BCUT2D eigenvalue weighted by Gasteiger charge is 2.09. The number of nitrogens with zero attached hydrogens (tertiary/aromatic N) is 2. The van der Waals surface area contributed by atoms with E-state index in [1.165, 1.54) is 12.1 Å². The number of nitro benzene ring substituents is 1. The summed E-state index contributed by atoms with van der Waals surface area (Å²) in [6, 6.07) is 6.52. The first kappa shape index (κ1) is 11.3. The Morgan fingerprint density at radius 3 is 2.94 bits per heavy atom. The van der Waals surface area contributed by atoms with Crippen molar-refractivity contribution in [1.29, 1.82) is 0 Å². The summed E-state index contributed by atoms with van der Waals surface area (Å²) < 4.78 is 0. The molecule has 0 aliphatic rings. The number of nitrogens with two attached hydrogens (primary N) is 1. The lowest BCUT2D eigenvalue weighted by molar-refractivity contribution is -0.384. The minimum Gasteiger partial charge on any atom is -0.368 e. The van der Waals surface area contributed by atoms with E-state index < -0.39 is 4.92 Å². The van der Waals surface area contributed by atoms with Crippen LogP contribution < -0.4 is 11.1 Å². The highest BCUT2D eigenvalue weighted by atomic mass is 16.6. The maximum absolute atomic E-state index is 10.7. The van der Waals surface area contributed by atoms with Gasteiger partial charge >= 0.3 is 0 Å². The van der Waals surface area contributed by atoms with Crippen LogP contribution in [0.4, 0.5) is 11.5 Å². The van der Waals surface area contributed by atoms with E-state index in [9.17, 15) is 10.1 Å². The lowest BCUT2D eigenvalue weighted by atomic mass is 10.1. The second kappa shape index (κ2) is 4.75. The van der Waals surface area contributed by atoms with Crippen LogP contribution >= 0.6 is 0 Å². The van der Waals surface area contributed by atoms with Crippen LogP contribution in [0.25, 0.3) is 10.8 Å². The molecule has 0 spiro atoms. The Bertz CT molecular complexity index is 556. The van der Waals surface area contributed by atoms with Crippen LogP contribution in [0.3, 0.4) is 0 Å². The minimum absolute atomic E-state index is 0.0568. The zero-order valence-electron chi connectivity index (χ0n) is 9.09. The van der Waals surface area contributed by atoms with Crippen molar-refractivity contribution in [2.75, 3.05) is 18.4 Å². The van der Waals surface area contributed by atoms with Gasteiger partial charge in [-0.2, -0.15) is 0 Å². The third-order valence-electron chi connectivity index (χ3n) is 2.40. The first-order valence-electron chi connectivity index (χ1n) is 5.19. The van der Waals surface area contributed by atoms with E-state index in [1.54, 1.807) is 12.3 Å². The van der Waals surface area contributed by atoms with Gasteiger partial charge in [-0.05, 0) is 17.5 Å². The number of non-ortho nitro benzene ring substituents is 1. The van der Waals surface area contributed by atoms with Crippen molar-refractivity contribution >= 4 is 22.3 Å². The van der Waals surface area contributed by atoms with Gasteiger partial charge in [0.1, 0.15) is 5.82 Å². The van der Waals surface area contributed by atoms with Crippen LogP contribution in [0, 0.1) is 10.1 Å². The van der Waals surface area contributed by atoms with Crippen LogP contribution in [0.15, 0.2) is 30.5 Å². The standard InChI is InChI=1S/C11H12N4O2/c12-4-6-14-11-10-7-9(15(16)17)2-1-8(10)3-5-13-11/h1-3,5,7H,4,6,12H2,(H,13,14). The maximum atomic E-state index is 10.7. The second-order valence-corrected chi connectivity index (χ2v) is 3.54. The fourth-order valence-corrected chi connectivity index (χ4v) is 1.60. The number of hydrogen-bond donors (Lipinski definition) is 2. The number of rotatable bonds is 4. The van der Waals surface area contributed by atoms with Gasteiger partial charge in [0.05, 0.1) is 4.92 Å². The Morgan fingerprint density at radius 2 is 2.24 bits per heavy atom. The quantitative estimate of drug-likeness (QED) is 0.615. The summed E-state index contributed by atoms with van der Waals surface area (Å²) >= 11 is 0. The summed E-state index contributed by atoms with van der Waals surface area (Å²) in [4.78, 5) is 14.5. The number of aromatic nitrogens is 1. The number of pyridine rings is 1. The van der Waals surface area contributed by atoms with E-state index in [0.717, 1.165) is 10.8 Å². The first-order valence-corrected chi connectivity index (χ1v) is 5.19. The number of anilines is 1. The molecule has 0 aliphatic carbocycles. The summed E-state index contributed by atoms with van der Waals surface area (Å²) in [5.41, 5.74) is 5.46. The van der Waals surface area contributed by atoms with Crippen LogP contribution in [-0.4, -0.2) is 23.0 Å². The monoisotopic (exact) mass is 232 g/mol. The summed E-state index contributed by atoms with van der Waals surface area (Å²) in [5.74, 6) is 0.622. The summed E-state index contributed by atoms with van der Waals surface area (Å²) in [7, 11) is 0. The number of nitrogens with one attached hydrogen (secondary N) is 1. The highest BCUT2D eigenvalue weighted by molar-refractivity contribution is 5.93. The molecule has 0 bridgehead atoms. The Balaban J connectivity index is 2.51. The Kier molecular flexibility index (Phi) is 3.15. The van der Waals surface area contributed by atoms with Crippen molar-refractivity contribution in [2.24, 2.45) is 5.73 Å². The summed E-state index contributed by atoms with van der Waals surface area (Å²) in [6.07, 6.45) is 1.66. The fraction of sp³-hybridized carbons (Fsp3) is 0.182. The average molecular weight is 232 g/mol. The summed E-state index contributed by atoms with van der Waals surface area (Å²) in [6.45, 7) is 1.06. The smallest absolute Gasteiger partial charge is 0.270 e. The van der Waals surface area contributed by atoms with Gasteiger partial charge < -0.3 is 11.1 Å². The van der Waals surface area contributed by atoms with Crippen molar-refractivity contribution in [2.45, 2.75) is 0 Å². The molecule has 1 aromatic heterocycles. The lowest BCUT2D eigenvalue weighted by Crippen LogP contribution is -2.14. The molecule has 0 saturated heterocycles. The first-order chi connectivity index (χ1) is 8.22. The van der Waals surface area contributed by atoms with Gasteiger partial charge in [0.15, 0.2) is 0 Å². The predicted molar refractivity (Wildman–Crippen MR) is 65.9 cm³/mol. The molecule has 6 nitrogen and oxygen atoms in total. The molecule has 3 N–H and O–H groups in total. The zero-order valence-corrected chi connectivity index (χ0v) is 9.09. The molecule has 1 aromatic carbocycles. The van der Waals surface area contributed by atoms with E-state index in [2.05, 4.69) is 10.3 Å². The minimum atomic E-state index is -0.418. The molecule has 0 fully saturated rings. The number of nitro groups is 1. The molecule has 0 saturated carbocycles. The topological polar surface area (TPSA) is 94.1 Å². The Labute approximate surface area is 97.6 Å². The lowest BCUT2D eigenvalue weighted by Gasteiger charge is -2.07. The molecule has 0 unspecified atom stereocenters. The van der Waals surface area contributed by atoms with Crippen molar-refractivity contribution in [3.63, 3.8) is 0 Å². The number of hydrogen-bond acceptors (Lipinski definition) is 5. The summed E-state index contributed by atoms with van der Waals surface area (Å²) in [5, 5.41) is 15.4. The largest absolute Gasteiger partial charge is 0.368 e. The third kappa shape index (κ3) is 2.31. The fourth-order valence-electron chi connectivity index (χ4n) is 1.60. The van der Waals surface area contributed by atoms with Crippen LogP contribution in [0.1, 0.15) is 0 Å². The van der Waals surface area contributed by atoms with E-state index >= 15 is 0 Å². The molecule has 0 radical (unpaired) electrons. The molecule has 6 heteroatoms. The van der Waals surface area contributed by atoms with Gasteiger partial charge in [-0.1, -0.05) is 0 Å². The van der Waals surface area contributed by atoms with Crippen molar-refractivity contribution in [1.82, 2.24) is 4.98 Å². The Morgan fingerprint density at radius 1 is 1.41 bits per heavy atom. The van der Waals surface area contributed by atoms with Crippen molar-refractivity contribution < 1.29 is 4.92 Å². The SMILES string of the molecule is NCCNc1nccc2ccc([N+](=O)[O-])cc12. The Hall–Kier alpha value is -2.21. The molecule has 0 atom stereocenters. The molecule has 88 valence electrons. The van der Waals surface area contributed by atoms with Gasteiger partial charge in [0.25, 0.3) is 5.69 Å². The van der Waals surface area contributed by atoms with Gasteiger partial charge in [-0.3, -0.25) is 10.1 Å². The van der Waals surface area contributed by atoms with Gasteiger partial charge in [-0.15, -0.1) is 0 Å². The van der Waals surface area contributed by atoms with E-state index in [0.29, 0.717) is 18.9 Å². The van der Waals surface area contributed by atoms with E-state index in [4.69, 9.17) is 5.73 Å². The molecule has 1 heterocycles. The zero-order chi connectivity index (χ0) is 12.3. The molecule has 2 rings (SSSR count). The normalized spacial score (nSPS) is 10.4. The van der Waals surface area contributed by atoms with Gasteiger partial charge in [0, 0.05) is 36.8 Å². The highest BCUT2D eigenvalue weighted by Crippen LogP contribution is 2.25. The van der Waals surface area contributed by atoms with E-state index in [1.807, 2.05) is 6.07 Å². The third-order valence-corrected chi connectivity index (χ3v) is 2.40. The second-order valence-electron chi connectivity index (χ2n) is 3.54. The molecule has 0 amide bonds.